The van der Waals surface area contributed by atoms with Gasteiger partial charge in [0, 0.05) is 6.42 Å². The van der Waals surface area contributed by atoms with Crippen molar-refractivity contribution in [1.29, 1.82) is 0 Å². The Hall–Kier alpha value is -4.08. The topological polar surface area (TPSA) is 0 Å². The van der Waals surface area contributed by atoms with Crippen LogP contribution in [-0.2, 0) is 0 Å². The van der Waals surface area contributed by atoms with E-state index in [2.05, 4.69) is 143 Å². The Kier molecular flexibility index (Phi) is 11.9. The molecule has 1 aliphatic carbocycles. The molecule has 0 saturated heterocycles. The molecule has 0 radical (unpaired) electrons. The molecule has 0 amide bonds. The first-order valence-corrected chi connectivity index (χ1v) is 12.5. The first kappa shape index (κ1) is 29.2. The summed E-state index contributed by atoms with van der Waals surface area (Å²) in [7, 11) is 0. The molecule has 0 heterocycles. The van der Waals surface area contributed by atoms with Crippen molar-refractivity contribution < 1.29 is 0 Å². The van der Waals surface area contributed by atoms with E-state index in [1.54, 1.807) is 0 Å². The van der Waals surface area contributed by atoms with Crippen molar-refractivity contribution in [3.63, 3.8) is 0 Å². The van der Waals surface area contributed by atoms with Gasteiger partial charge in [-0.1, -0.05) is 128 Å². The second-order valence-electron chi connectivity index (χ2n) is 9.15. The van der Waals surface area contributed by atoms with Gasteiger partial charge in [0.25, 0.3) is 0 Å². The Morgan fingerprint density at radius 3 is 1.95 bits per heavy atom. The lowest BCUT2D eigenvalue weighted by molar-refractivity contribution is 1.45. The Balaban J connectivity index is 0.000000457. The van der Waals surface area contributed by atoms with Gasteiger partial charge in [-0.05, 0) is 91.8 Å². The van der Waals surface area contributed by atoms with Crippen LogP contribution in [0.1, 0.15) is 73.6 Å². The van der Waals surface area contributed by atoms with Crippen LogP contribution in [0.2, 0.25) is 0 Å². The Bertz CT molecular complexity index is 1360. The van der Waals surface area contributed by atoms with Crippen LogP contribution in [0.4, 0.5) is 0 Å². The van der Waals surface area contributed by atoms with E-state index in [9.17, 15) is 0 Å². The molecule has 0 nitrogen and oxygen atoms in total. The first-order chi connectivity index (χ1) is 17.4. The first-order valence-electron chi connectivity index (χ1n) is 12.5. The zero-order valence-corrected chi connectivity index (χ0v) is 22.2. The zero-order valence-electron chi connectivity index (χ0n) is 22.2. The molecular weight excluding hydrogens is 444 g/mol. The summed E-state index contributed by atoms with van der Waals surface area (Å²) in [6.45, 7) is 10.5. The molecule has 0 aromatic heterocycles. The minimum Gasteiger partial charge on any atom is -0.0941 e. The molecule has 0 saturated carbocycles. The van der Waals surface area contributed by atoms with Gasteiger partial charge < -0.3 is 0 Å². The smallest absolute Gasteiger partial charge is 0.0276 e. The monoisotopic (exact) mass is 484 g/mol. The summed E-state index contributed by atoms with van der Waals surface area (Å²) in [6.07, 6.45) is 17.9. The third kappa shape index (κ3) is 10.2. The third-order valence-corrected chi connectivity index (χ3v) is 5.78. The van der Waals surface area contributed by atoms with E-state index in [1.165, 1.54) is 44.5 Å². The number of hydrogen-bond donors (Lipinski definition) is 0. The fraction of sp³-hybridized carbons (Fsp3) is 0.189. The highest BCUT2D eigenvalue weighted by atomic mass is 14.0. The standard InChI is InChI=1S/C28H28.C8H8.CH4/c1-5-6-25-18-26(14-13-24-11-7-21(2)8-12-24)20-27(19-25)17-23(4)28-15-9-22(3)10-16-28;1-8-6-4-2-3-5-7-8;/h5-20H,1-4H3;2,4,6H,3H2,1H3;1H4/b6-5+,14-13+,23-17+;;. The number of rotatable bonds is 5. The van der Waals surface area contributed by atoms with Crippen molar-refractivity contribution >= 4 is 29.9 Å². The summed E-state index contributed by atoms with van der Waals surface area (Å²) >= 11 is 0. The molecule has 0 fully saturated rings. The summed E-state index contributed by atoms with van der Waals surface area (Å²) in [6, 6.07) is 24.0. The number of allylic oxidation sites excluding steroid dienone is 6. The van der Waals surface area contributed by atoms with Gasteiger partial charge in [-0.3, -0.25) is 0 Å². The summed E-state index contributed by atoms with van der Waals surface area (Å²) in [5.74, 6) is 5.98. The molecule has 1 aliphatic rings. The van der Waals surface area contributed by atoms with E-state index in [0.717, 1.165) is 12.0 Å². The largest absolute Gasteiger partial charge is 0.0941 e. The average molecular weight is 485 g/mol. The molecule has 3 aromatic rings. The molecule has 4 rings (SSSR count). The Morgan fingerprint density at radius 1 is 0.730 bits per heavy atom. The van der Waals surface area contributed by atoms with E-state index >= 15 is 0 Å². The predicted octanol–water partition coefficient (Wildman–Crippen LogP) is 10.6. The second-order valence-corrected chi connectivity index (χ2v) is 9.15. The maximum Gasteiger partial charge on any atom is 0.0276 e. The molecule has 188 valence electrons. The quantitative estimate of drug-likeness (QED) is 0.249. The van der Waals surface area contributed by atoms with Crippen molar-refractivity contribution in [1.82, 2.24) is 0 Å². The number of aryl methyl sites for hydroxylation is 2. The lowest BCUT2D eigenvalue weighted by Gasteiger charge is -2.06. The van der Waals surface area contributed by atoms with Crippen molar-refractivity contribution in [2.45, 2.75) is 48.5 Å². The molecule has 0 N–H and O–H groups in total. The van der Waals surface area contributed by atoms with Crippen LogP contribution in [0.5, 0.6) is 0 Å². The lowest BCUT2D eigenvalue weighted by Crippen LogP contribution is -1.84. The van der Waals surface area contributed by atoms with Gasteiger partial charge in [0.2, 0.25) is 0 Å². The SMILES string of the molecule is C.C/C=C/c1cc(/C=C/c2ccc(C)cc2)cc(/C=C(\C)c2ccc(C)cc2)c1.CC1=CC=CCC#C1. The molecule has 3 aromatic carbocycles. The van der Waals surface area contributed by atoms with Gasteiger partial charge in [-0.2, -0.15) is 0 Å². The summed E-state index contributed by atoms with van der Waals surface area (Å²) in [5.41, 5.74) is 11.1. The highest BCUT2D eigenvalue weighted by molar-refractivity contribution is 5.82. The fourth-order valence-corrected chi connectivity index (χ4v) is 3.76. The van der Waals surface area contributed by atoms with Gasteiger partial charge in [-0.25, -0.2) is 0 Å². The highest BCUT2D eigenvalue weighted by Crippen LogP contribution is 2.22. The minimum atomic E-state index is 0. The van der Waals surface area contributed by atoms with Crippen LogP contribution in [-0.4, -0.2) is 0 Å². The van der Waals surface area contributed by atoms with Crippen LogP contribution in [0.15, 0.2) is 96.6 Å². The normalized spacial score (nSPS) is 12.7. The summed E-state index contributed by atoms with van der Waals surface area (Å²) < 4.78 is 0. The molecule has 0 atom stereocenters. The van der Waals surface area contributed by atoms with Crippen molar-refractivity contribution in [2.24, 2.45) is 0 Å². The molecule has 0 unspecified atom stereocenters. The predicted molar refractivity (Wildman–Crippen MR) is 168 cm³/mol. The van der Waals surface area contributed by atoms with E-state index in [4.69, 9.17) is 0 Å². The molecule has 0 bridgehead atoms. The number of benzene rings is 3. The summed E-state index contributed by atoms with van der Waals surface area (Å²) in [5, 5.41) is 0. The molecular formula is C37H40. The number of hydrogen-bond acceptors (Lipinski definition) is 0. The zero-order chi connectivity index (χ0) is 25.8. The molecule has 0 aliphatic heterocycles. The van der Waals surface area contributed by atoms with Gasteiger partial charge in [0.1, 0.15) is 0 Å². The van der Waals surface area contributed by atoms with E-state index in [1.807, 2.05) is 19.1 Å². The van der Waals surface area contributed by atoms with Gasteiger partial charge in [0.15, 0.2) is 0 Å². The lowest BCUT2D eigenvalue weighted by atomic mass is 9.99. The molecule has 0 heteroatoms. The van der Waals surface area contributed by atoms with Crippen LogP contribution in [0, 0.1) is 25.7 Å². The van der Waals surface area contributed by atoms with Crippen LogP contribution in [0.25, 0.3) is 29.9 Å². The highest BCUT2D eigenvalue weighted by Gasteiger charge is 2.00. The van der Waals surface area contributed by atoms with E-state index in [-0.39, 0.29) is 7.43 Å². The average Bonchev–Trinajstić information content (AvgIpc) is 3.12. The molecule has 0 spiro atoms. The van der Waals surface area contributed by atoms with Gasteiger partial charge in [0.05, 0.1) is 0 Å². The van der Waals surface area contributed by atoms with E-state index < -0.39 is 0 Å². The van der Waals surface area contributed by atoms with Gasteiger partial charge in [-0.15, -0.1) is 0 Å². The van der Waals surface area contributed by atoms with Crippen LogP contribution in [0.3, 0.4) is 0 Å². The maximum atomic E-state index is 2.99. The second kappa shape index (κ2) is 15.1. The van der Waals surface area contributed by atoms with E-state index in [0.29, 0.717) is 0 Å². The van der Waals surface area contributed by atoms with Crippen molar-refractivity contribution in [3.05, 3.63) is 136 Å². The fourth-order valence-electron chi connectivity index (χ4n) is 3.76. The van der Waals surface area contributed by atoms with Crippen molar-refractivity contribution in [2.75, 3.05) is 0 Å². The van der Waals surface area contributed by atoms with Crippen LogP contribution < -0.4 is 0 Å². The van der Waals surface area contributed by atoms with Crippen LogP contribution >= 0.6 is 0 Å². The van der Waals surface area contributed by atoms with Crippen molar-refractivity contribution in [3.8, 4) is 11.8 Å². The Labute approximate surface area is 225 Å². The minimum absolute atomic E-state index is 0. The Morgan fingerprint density at radius 2 is 1.30 bits per heavy atom. The maximum absolute atomic E-state index is 2.99. The van der Waals surface area contributed by atoms with Gasteiger partial charge >= 0.3 is 0 Å². The third-order valence-electron chi connectivity index (χ3n) is 5.78. The molecule has 37 heavy (non-hydrogen) atoms. The summed E-state index contributed by atoms with van der Waals surface area (Å²) in [4.78, 5) is 0.